The van der Waals surface area contributed by atoms with Gasteiger partial charge in [-0.1, -0.05) is 30.3 Å². The molecule has 1 fully saturated rings. The van der Waals surface area contributed by atoms with E-state index in [-0.39, 0.29) is 18.0 Å². The number of carbonyl (C=O) groups excluding carboxylic acids is 2. The van der Waals surface area contributed by atoms with E-state index in [0.29, 0.717) is 24.4 Å². The summed E-state index contributed by atoms with van der Waals surface area (Å²) in [4.78, 5) is 26.0. The van der Waals surface area contributed by atoms with Gasteiger partial charge in [-0.15, -0.1) is 0 Å². The Morgan fingerprint density at radius 3 is 2.57 bits per heavy atom. The molecule has 1 aliphatic heterocycles. The predicted molar refractivity (Wildman–Crippen MR) is 108 cm³/mol. The fraction of sp³-hybridized carbons (Fsp3) is 0.333. The minimum absolute atomic E-state index is 0.0427. The summed E-state index contributed by atoms with van der Waals surface area (Å²) < 4.78 is 5.77. The Balaban J connectivity index is 1.43. The second kappa shape index (κ2) is 9.87. The number of rotatable bonds is 6. The van der Waals surface area contributed by atoms with Crippen LogP contribution in [0.5, 0.6) is 0 Å². The normalized spacial score (nSPS) is 17.0. The van der Waals surface area contributed by atoms with Gasteiger partial charge in [0.2, 0.25) is 0 Å². The molecule has 0 radical (unpaired) electrons. The molecule has 1 atom stereocenters. The molecule has 1 aliphatic rings. The number of morpholine rings is 1. The molecule has 3 amide bonds. The molecular weight excluding hydrogens is 356 g/mol. The van der Waals surface area contributed by atoms with Crippen LogP contribution in [0.1, 0.15) is 15.9 Å². The first-order chi connectivity index (χ1) is 13.6. The number of hydrogen-bond donors (Lipinski definition) is 3. The maximum Gasteiger partial charge on any atom is 0.319 e. The van der Waals surface area contributed by atoms with E-state index < -0.39 is 0 Å². The van der Waals surface area contributed by atoms with Gasteiger partial charge in [0.05, 0.1) is 12.7 Å². The fourth-order valence-electron chi connectivity index (χ4n) is 3.12. The number of ether oxygens (including phenoxy) is 1. The molecule has 1 unspecified atom stereocenters. The molecule has 3 rings (SSSR count). The predicted octanol–water partition coefficient (Wildman–Crippen LogP) is 2.07. The highest BCUT2D eigenvalue weighted by atomic mass is 16.5. The molecule has 28 heavy (non-hydrogen) atoms. The number of urea groups is 1. The lowest BCUT2D eigenvalue weighted by molar-refractivity contribution is -0.0285. The second-order valence-electron chi connectivity index (χ2n) is 6.71. The number of amides is 3. The largest absolute Gasteiger partial charge is 0.374 e. The Bertz CT molecular complexity index is 780. The molecule has 0 saturated carbocycles. The second-order valence-corrected chi connectivity index (χ2v) is 6.71. The molecular formula is C21H26N4O3. The number of benzene rings is 2. The van der Waals surface area contributed by atoms with Gasteiger partial charge in [-0.3, -0.25) is 9.69 Å². The third-order valence-electron chi connectivity index (χ3n) is 4.59. The third kappa shape index (κ3) is 5.80. The fourth-order valence-corrected chi connectivity index (χ4v) is 3.12. The van der Waals surface area contributed by atoms with Crippen LogP contribution in [0.25, 0.3) is 0 Å². The van der Waals surface area contributed by atoms with Gasteiger partial charge in [0.1, 0.15) is 0 Å². The summed E-state index contributed by atoms with van der Waals surface area (Å²) in [5, 5.41) is 8.18. The van der Waals surface area contributed by atoms with E-state index in [2.05, 4.69) is 33.0 Å². The van der Waals surface area contributed by atoms with Crippen molar-refractivity contribution >= 4 is 17.6 Å². The number of carbonyl (C=O) groups is 2. The van der Waals surface area contributed by atoms with Crippen molar-refractivity contribution in [3.05, 3.63) is 65.7 Å². The molecule has 0 aliphatic carbocycles. The summed E-state index contributed by atoms with van der Waals surface area (Å²) >= 11 is 0. The number of anilines is 1. The Morgan fingerprint density at radius 1 is 1.11 bits per heavy atom. The van der Waals surface area contributed by atoms with E-state index >= 15 is 0 Å². The molecule has 2 aromatic carbocycles. The van der Waals surface area contributed by atoms with Crippen molar-refractivity contribution in [1.82, 2.24) is 15.5 Å². The highest BCUT2D eigenvalue weighted by molar-refractivity contribution is 5.95. The van der Waals surface area contributed by atoms with E-state index in [1.807, 2.05) is 18.2 Å². The highest BCUT2D eigenvalue weighted by Crippen LogP contribution is 2.11. The number of hydrogen-bond acceptors (Lipinski definition) is 4. The van der Waals surface area contributed by atoms with Crippen LogP contribution in [-0.2, 0) is 11.3 Å². The van der Waals surface area contributed by atoms with Gasteiger partial charge in [-0.25, -0.2) is 4.79 Å². The van der Waals surface area contributed by atoms with Crippen LogP contribution in [-0.4, -0.2) is 56.2 Å². The third-order valence-corrected chi connectivity index (χ3v) is 4.59. The minimum atomic E-state index is -0.295. The zero-order chi connectivity index (χ0) is 19.8. The van der Waals surface area contributed by atoms with Gasteiger partial charge < -0.3 is 20.7 Å². The molecule has 0 aromatic heterocycles. The Labute approximate surface area is 165 Å². The Morgan fingerprint density at radius 2 is 1.86 bits per heavy atom. The molecule has 0 bridgehead atoms. The molecule has 7 nitrogen and oxygen atoms in total. The lowest BCUT2D eigenvalue weighted by Crippen LogP contribution is -2.47. The number of nitrogens with zero attached hydrogens (tertiary/aromatic N) is 1. The Hall–Kier alpha value is -2.90. The van der Waals surface area contributed by atoms with Crippen LogP contribution < -0.4 is 16.0 Å². The van der Waals surface area contributed by atoms with E-state index in [4.69, 9.17) is 4.74 Å². The lowest BCUT2D eigenvalue weighted by Gasteiger charge is -2.33. The summed E-state index contributed by atoms with van der Waals surface area (Å²) in [5.74, 6) is -0.162. The zero-order valence-electron chi connectivity index (χ0n) is 16.0. The molecule has 1 heterocycles. The maximum atomic E-state index is 12.1. The summed E-state index contributed by atoms with van der Waals surface area (Å²) in [6.45, 7) is 3.63. The Kier molecular flexibility index (Phi) is 7.00. The van der Waals surface area contributed by atoms with Gasteiger partial charge in [0.25, 0.3) is 5.91 Å². The van der Waals surface area contributed by atoms with Crippen molar-refractivity contribution in [2.45, 2.75) is 12.6 Å². The molecule has 7 heteroatoms. The van der Waals surface area contributed by atoms with Gasteiger partial charge in [0.15, 0.2) is 0 Å². The molecule has 1 saturated heterocycles. The molecule has 2 aromatic rings. The van der Waals surface area contributed by atoms with Crippen LogP contribution in [0.2, 0.25) is 0 Å². The summed E-state index contributed by atoms with van der Waals surface area (Å²) in [6, 6.07) is 16.8. The van der Waals surface area contributed by atoms with Gasteiger partial charge >= 0.3 is 6.03 Å². The van der Waals surface area contributed by atoms with Crippen molar-refractivity contribution in [3.63, 3.8) is 0 Å². The van der Waals surface area contributed by atoms with Crippen molar-refractivity contribution in [3.8, 4) is 0 Å². The van der Waals surface area contributed by atoms with E-state index in [0.717, 1.165) is 19.6 Å². The van der Waals surface area contributed by atoms with Crippen molar-refractivity contribution in [2.24, 2.45) is 0 Å². The van der Waals surface area contributed by atoms with Gasteiger partial charge in [-0.05, 0) is 29.8 Å². The van der Waals surface area contributed by atoms with Crippen LogP contribution in [0.4, 0.5) is 10.5 Å². The van der Waals surface area contributed by atoms with E-state index in [9.17, 15) is 9.59 Å². The standard InChI is InChI=1S/C21H26N4O3/c1-22-20(26)17-7-9-18(10-8-17)24-21(27)23-13-19-15-25(11-12-28-19)14-16-5-3-2-4-6-16/h2-10,19H,11-15H2,1H3,(H,22,26)(H2,23,24,27). The SMILES string of the molecule is CNC(=O)c1ccc(NC(=O)NCC2CN(Cc3ccccc3)CCO2)cc1. The van der Waals surface area contributed by atoms with Crippen molar-refractivity contribution in [2.75, 3.05) is 38.6 Å². The first-order valence-corrected chi connectivity index (χ1v) is 9.39. The smallest absolute Gasteiger partial charge is 0.319 e. The molecule has 148 valence electrons. The van der Waals surface area contributed by atoms with E-state index in [1.54, 1.807) is 31.3 Å². The topological polar surface area (TPSA) is 82.7 Å². The zero-order valence-corrected chi connectivity index (χ0v) is 16.0. The first-order valence-electron chi connectivity index (χ1n) is 9.39. The van der Waals surface area contributed by atoms with Crippen molar-refractivity contribution < 1.29 is 14.3 Å². The van der Waals surface area contributed by atoms with Gasteiger partial charge in [-0.2, -0.15) is 0 Å². The summed E-state index contributed by atoms with van der Waals surface area (Å²) in [6.07, 6.45) is -0.0427. The average molecular weight is 382 g/mol. The quantitative estimate of drug-likeness (QED) is 0.714. The summed E-state index contributed by atoms with van der Waals surface area (Å²) in [7, 11) is 1.58. The van der Waals surface area contributed by atoms with Crippen LogP contribution in [0.15, 0.2) is 54.6 Å². The monoisotopic (exact) mass is 382 g/mol. The molecule has 0 spiro atoms. The highest BCUT2D eigenvalue weighted by Gasteiger charge is 2.21. The molecule has 3 N–H and O–H groups in total. The minimum Gasteiger partial charge on any atom is -0.374 e. The van der Waals surface area contributed by atoms with Crippen LogP contribution in [0.3, 0.4) is 0 Å². The van der Waals surface area contributed by atoms with Crippen LogP contribution >= 0.6 is 0 Å². The average Bonchev–Trinajstić information content (AvgIpc) is 2.73. The summed E-state index contributed by atoms with van der Waals surface area (Å²) in [5.41, 5.74) is 2.44. The maximum absolute atomic E-state index is 12.1. The van der Waals surface area contributed by atoms with Gasteiger partial charge in [0, 0.05) is 44.5 Å². The lowest BCUT2D eigenvalue weighted by atomic mass is 10.2. The first kappa shape index (κ1) is 19.9. The van der Waals surface area contributed by atoms with Crippen LogP contribution in [0, 0.1) is 0 Å². The van der Waals surface area contributed by atoms with Crippen molar-refractivity contribution in [1.29, 1.82) is 0 Å². The number of nitrogens with one attached hydrogen (secondary N) is 3. The van der Waals surface area contributed by atoms with E-state index in [1.165, 1.54) is 5.56 Å².